The van der Waals surface area contributed by atoms with Gasteiger partial charge in [-0.2, -0.15) is 0 Å². The lowest BCUT2D eigenvalue weighted by Crippen LogP contribution is -2.07. The van der Waals surface area contributed by atoms with E-state index in [1.54, 1.807) is 11.3 Å². The molecule has 0 aliphatic carbocycles. The van der Waals surface area contributed by atoms with Gasteiger partial charge >= 0.3 is 0 Å². The molecular weight excluding hydrogens is 206 g/mol. The molecule has 15 heavy (non-hydrogen) atoms. The van der Waals surface area contributed by atoms with Gasteiger partial charge in [-0.1, -0.05) is 6.92 Å². The van der Waals surface area contributed by atoms with Crippen LogP contribution in [0.25, 0.3) is 0 Å². The highest BCUT2D eigenvalue weighted by Crippen LogP contribution is 2.12. The van der Waals surface area contributed by atoms with Gasteiger partial charge in [0.05, 0.1) is 17.2 Å². The van der Waals surface area contributed by atoms with Gasteiger partial charge in [0.1, 0.15) is 0 Å². The van der Waals surface area contributed by atoms with E-state index in [0.717, 1.165) is 24.4 Å². The Labute approximate surface area is 93.6 Å². The van der Waals surface area contributed by atoms with E-state index in [0.29, 0.717) is 6.54 Å². The van der Waals surface area contributed by atoms with E-state index in [1.165, 1.54) is 5.01 Å². The van der Waals surface area contributed by atoms with Crippen molar-refractivity contribution >= 4 is 11.3 Å². The van der Waals surface area contributed by atoms with E-state index in [2.05, 4.69) is 21.9 Å². The molecule has 0 saturated carbocycles. The first kappa shape index (κ1) is 10.4. The van der Waals surface area contributed by atoms with Crippen LogP contribution in [0.3, 0.4) is 0 Å². The Morgan fingerprint density at radius 2 is 2.40 bits per heavy atom. The van der Waals surface area contributed by atoms with Gasteiger partial charge in [-0.3, -0.25) is 0 Å². The van der Waals surface area contributed by atoms with Gasteiger partial charge in [0, 0.05) is 23.8 Å². The summed E-state index contributed by atoms with van der Waals surface area (Å²) in [7, 11) is 0. The number of thiazole rings is 1. The summed E-state index contributed by atoms with van der Waals surface area (Å²) in [5, 5.41) is 3.32. The molecule has 0 aliphatic rings. The average molecular weight is 221 g/mol. The van der Waals surface area contributed by atoms with Crippen molar-refractivity contribution in [3.8, 4) is 0 Å². The second-order valence-corrected chi connectivity index (χ2v) is 4.36. The molecule has 0 amide bonds. The maximum atomic E-state index is 5.64. The van der Waals surface area contributed by atoms with E-state index in [4.69, 9.17) is 5.73 Å². The van der Waals surface area contributed by atoms with Crippen LogP contribution in [-0.4, -0.2) is 9.55 Å². The largest absolute Gasteiger partial charge is 0.344 e. The number of aryl methyl sites for hydroxylation is 1. The Morgan fingerprint density at radius 3 is 3.07 bits per heavy atom. The number of hydrogen-bond acceptors (Lipinski definition) is 3. The molecule has 0 aliphatic heterocycles. The van der Waals surface area contributed by atoms with Crippen molar-refractivity contribution in [1.29, 1.82) is 0 Å². The molecule has 2 aromatic heterocycles. The first-order valence-corrected chi connectivity index (χ1v) is 5.98. The lowest BCUT2D eigenvalue weighted by atomic mass is 10.4. The fraction of sp³-hybridized carbons (Fsp3) is 0.364. The second-order valence-electron chi connectivity index (χ2n) is 3.42. The Kier molecular flexibility index (Phi) is 3.18. The normalized spacial score (nSPS) is 10.8. The average Bonchev–Trinajstić information content (AvgIpc) is 2.87. The molecule has 80 valence electrons. The summed E-state index contributed by atoms with van der Waals surface area (Å²) < 4.78 is 2.15. The minimum absolute atomic E-state index is 0.581. The van der Waals surface area contributed by atoms with Crippen molar-refractivity contribution in [2.24, 2.45) is 5.73 Å². The van der Waals surface area contributed by atoms with Crippen LogP contribution in [0.1, 0.15) is 23.3 Å². The predicted molar refractivity (Wildman–Crippen MR) is 62.9 cm³/mol. The molecule has 0 aromatic carbocycles. The van der Waals surface area contributed by atoms with Crippen LogP contribution in [-0.2, 0) is 19.5 Å². The zero-order valence-electron chi connectivity index (χ0n) is 8.81. The van der Waals surface area contributed by atoms with E-state index in [9.17, 15) is 0 Å². The van der Waals surface area contributed by atoms with Crippen molar-refractivity contribution in [3.05, 3.63) is 40.1 Å². The highest BCUT2D eigenvalue weighted by molar-refractivity contribution is 7.09. The van der Waals surface area contributed by atoms with Gasteiger partial charge in [0.2, 0.25) is 0 Å². The Bertz CT molecular complexity index is 430. The van der Waals surface area contributed by atoms with Crippen LogP contribution in [0.15, 0.2) is 23.7 Å². The van der Waals surface area contributed by atoms with Crippen LogP contribution in [0.5, 0.6) is 0 Å². The molecule has 2 aromatic rings. The van der Waals surface area contributed by atoms with Crippen LogP contribution in [0.2, 0.25) is 0 Å². The summed E-state index contributed by atoms with van der Waals surface area (Å²) in [6.07, 6.45) is 3.06. The summed E-state index contributed by atoms with van der Waals surface area (Å²) in [5.74, 6) is 0. The smallest absolute Gasteiger partial charge is 0.0926 e. The Hall–Kier alpha value is -1.13. The summed E-state index contributed by atoms with van der Waals surface area (Å²) in [4.78, 5) is 4.54. The molecule has 0 fully saturated rings. The Balaban J connectivity index is 2.14. The molecule has 0 atom stereocenters. The lowest BCUT2D eigenvalue weighted by Gasteiger charge is -2.04. The highest BCUT2D eigenvalue weighted by atomic mass is 32.1. The molecule has 0 radical (unpaired) electrons. The van der Waals surface area contributed by atoms with Crippen LogP contribution in [0.4, 0.5) is 0 Å². The predicted octanol–water partition coefficient (Wildman–Crippen LogP) is 2.01. The minimum Gasteiger partial charge on any atom is -0.344 e. The number of hydrogen-bond donors (Lipinski definition) is 1. The quantitative estimate of drug-likeness (QED) is 0.858. The molecule has 0 spiro atoms. The fourth-order valence-electron chi connectivity index (χ4n) is 1.55. The van der Waals surface area contributed by atoms with Crippen molar-refractivity contribution < 1.29 is 0 Å². The molecule has 3 nitrogen and oxygen atoms in total. The topological polar surface area (TPSA) is 43.8 Å². The van der Waals surface area contributed by atoms with Gasteiger partial charge in [-0.05, 0) is 18.6 Å². The third-order valence-corrected chi connectivity index (χ3v) is 3.41. The summed E-state index contributed by atoms with van der Waals surface area (Å²) in [6, 6.07) is 4.07. The first-order valence-electron chi connectivity index (χ1n) is 5.11. The molecular formula is C11H15N3S. The van der Waals surface area contributed by atoms with Gasteiger partial charge in [0.15, 0.2) is 0 Å². The van der Waals surface area contributed by atoms with Crippen LogP contribution < -0.4 is 5.73 Å². The van der Waals surface area contributed by atoms with Gasteiger partial charge in [-0.15, -0.1) is 11.3 Å². The molecule has 4 heteroatoms. The third kappa shape index (κ3) is 2.27. The Morgan fingerprint density at radius 1 is 1.53 bits per heavy atom. The summed E-state index contributed by atoms with van der Waals surface area (Å²) >= 11 is 1.73. The molecule has 2 N–H and O–H groups in total. The van der Waals surface area contributed by atoms with Crippen molar-refractivity contribution in [2.45, 2.75) is 26.4 Å². The van der Waals surface area contributed by atoms with Crippen molar-refractivity contribution in [2.75, 3.05) is 0 Å². The minimum atomic E-state index is 0.581. The third-order valence-electron chi connectivity index (χ3n) is 2.37. The van der Waals surface area contributed by atoms with Crippen LogP contribution >= 0.6 is 11.3 Å². The van der Waals surface area contributed by atoms with Crippen LogP contribution in [0, 0.1) is 0 Å². The van der Waals surface area contributed by atoms with E-state index in [1.807, 2.05) is 18.3 Å². The van der Waals surface area contributed by atoms with E-state index >= 15 is 0 Å². The number of nitrogens with zero attached hydrogens (tertiary/aromatic N) is 2. The molecule has 0 bridgehead atoms. The van der Waals surface area contributed by atoms with Gasteiger partial charge < -0.3 is 10.3 Å². The zero-order chi connectivity index (χ0) is 10.7. The fourth-order valence-corrected chi connectivity index (χ4v) is 2.28. The van der Waals surface area contributed by atoms with E-state index < -0.39 is 0 Å². The van der Waals surface area contributed by atoms with Gasteiger partial charge in [-0.25, -0.2) is 4.98 Å². The monoisotopic (exact) mass is 221 g/mol. The SMILES string of the molecule is CCc1nc(Cn2cccc2CN)cs1. The number of rotatable bonds is 4. The van der Waals surface area contributed by atoms with E-state index in [-0.39, 0.29) is 0 Å². The molecule has 0 unspecified atom stereocenters. The number of nitrogens with two attached hydrogens (primary N) is 1. The maximum Gasteiger partial charge on any atom is 0.0926 e. The van der Waals surface area contributed by atoms with Gasteiger partial charge in [0.25, 0.3) is 0 Å². The highest BCUT2D eigenvalue weighted by Gasteiger charge is 2.03. The molecule has 0 saturated heterocycles. The summed E-state index contributed by atoms with van der Waals surface area (Å²) in [6.45, 7) is 3.54. The number of aromatic nitrogens is 2. The first-order chi connectivity index (χ1) is 7.33. The van der Waals surface area contributed by atoms with Crippen molar-refractivity contribution in [1.82, 2.24) is 9.55 Å². The zero-order valence-corrected chi connectivity index (χ0v) is 9.63. The molecule has 2 rings (SSSR count). The summed E-state index contributed by atoms with van der Waals surface area (Å²) in [5.41, 5.74) is 7.92. The molecule has 2 heterocycles. The lowest BCUT2D eigenvalue weighted by molar-refractivity contribution is 0.728. The van der Waals surface area contributed by atoms with Crippen molar-refractivity contribution in [3.63, 3.8) is 0 Å². The standard InChI is InChI=1S/C11H15N3S/c1-2-11-13-9(8-15-11)7-14-5-3-4-10(14)6-12/h3-5,8H,2,6-7,12H2,1H3. The second kappa shape index (κ2) is 4.59. The maximum absolute atomic E-state index is 5.64.